The largest absolute Gasteiger partial charge is 0.354 e. The Morgan fingerprint density at radius 1 is 1.42 bits per heavy atom. The van der Waals surface area contributed by atoms with Gasteiger partial charge in [-0.25, -0.2) is 0 Å². The minimum atomic E-state index is -0.263. The molecule has 0 aliphatic heterocycles. The summed E-state index contributed by atoms with van der Waals surface area (Å²) in [5.74, 6) is -0.298. The van der Waals surface area contributed by atoms with Gasteiger partial charge in [0.25, 0.3) is 0 Å². The Labute approximate surface area is 76.7 Å². The van der Waals surface area contributed by atoms with E-state index in [0.29, 0.717) is 6.54 Å². The number of nitrogens with one attached hydrogen (secondary N) is 2. The second-order valence-corrected chi connectivity index (χ2v) is 2.65. The molecule has 1 atom stereocenters. The van der Waals surface area contributed by atoms with Crippen LogP contribution in [0.25, 0.3) is 0 Å². The zero-order chi connectivity index (χ0) is 9.56. The molecule has 0 saturated carbocycles. The first-order valence-corrected chi connectivity index (χ1v) is 4.00. The molecule has 0 saturated heterocycles. The summed E-state index contributed by atoms with van der Waals surface area (Å²) in [5.41, 5.74) is 0. The van der Waals surface area contributed by atoms with E-state index in [1.807, 2.05) is 0 Å². The molecule has 0 spiro atoms. The standard InChI is InChI=1S/C7H12N2O2S/c1-5(10)8-3-7(4-12)9-6(2)11/h4,7H,3H2,1-2H3,(H,8,10)(H,9,11). The molecule has 0 radical (unpaired) electrons. The molecule has 12 heavy (non-hydrogen) atoms. The van der Waals surface area contributed by atoms with Crippen molar-refractivity contribution in [3.8, 4) is 0 Å². The van der Waals surface area contributed by atoms with Crippen molar-refractivity contribution >= 4 is 29.4 Å². The Kier molecular flexibility index (Phi) is 5.19. The van der Waals surface area contributed by atoms with Crippen molar-refractivity contribution in [3.63, 3.8) is 0 Å². The lowest BCUT2D eigenvalue weighted by atomic mass is 10.3. The monoisotopic (exact) mass is 188 g/mol. The van der Waals surface area contributed by atoms with Crippen LogP contribution in [-0.4, -0.2) is 29.8 Å². The Hall–Kier alpha value is -0.970. The average molecular weight is 188 g/mol. The van der Waals surface area contributed by atoms with Crippen molar-refractivity contribution in [1.82, 2.24) is 10.6 Å². The van der Waals surface area contributed by atoms with Crippen molar-refractivity contribution < 1.29 is 9.59 Å². The lowest BCUT2D eigenvalue weighted by Gasteiger charge is -2.12. The van der Waals surface area contributed by atoms with Crippen LogP contribution in [0, 0.1) is 0 Å². The summed E-state index contributed by atoms with van der Waals surface area (Å²) in [5, 5.41) is 6.54. The smallest absolute Gasteiger partial charge is 0.217 e. The molecule has 68 valence electrons. The normalized spacial score (nSPS) is 11.5. The predicted molar refractivity (Wildman–Crippen MR) is 49.9 cm³/mol. The molecule has 2 amide bonds. The Bertz CT molecular complexity index is 194. The maximum Gasteiger partial charge on any atom is 0.217 e. The summed E-state index contributed by atoms with van der Waals surface area (Å²) >= 11 is 4.65. The molecule has 1 unspecified atom stereocenters. The van der Waals surface area contributed by atoms with E-state index in [0.717, 1.165) is 0 Å². The Balaban J connectivity index is 3.75. The fraction of sp³-hybridized carbons (Fsp3) is 0.571. The van der Waals surface area contributed by atoms with E-state index in [9.17, 15) is 9.59 Å². The molecule has 0 rings (SSSR count). The minimum absolute atomic E-state index is 0.137. The van der Waals surface area contributed by atoms with E-state index < -0.39 is 0 Å². The van der Waals surface area contributed by atoms with Gasteiger partial charge in [0.1, 0.15) is 0 Å². The van der Waals surface area contributed by atoms with Crippen LogP contribution in [0.1, 0.15) is 13.8 Å². The lowest BCUT2D eigenvalue weighted by molar-refractivity contribution is -0.121. The quantitative estimate of drug-likeness (QED) is 0.592. The summed E-state index contributed by atoms with van der Waals surface area (Å²) in [6.45, 7) is 3.16. The highest BCUT2D eigenvalue weighted by Gasteiger charge is 2.05. The highest BCUT2D eigenvalue weighted by Crippen LogP contribution is 1.78. The highest BCUT2D eigenvalue weighted by atomic mass is 32.1. The van der Waals surface area contributed by atoms with Crippen molar-refractivity contribution in [2.75, 3.05) is 6.54 Å². The summed E-state index contributed by atoms with van der Waals surface area (Å²) in [6, 6.07) is -0.263. The van der Waals surface area contributed by atoms with Crippen LogP contribution >= 0.6 is 12.2 Å². The van der Waals surface area contributed by atoms with Gasteiger partial charge in [0.15, 0.2) is 0 Å². The topological polar surface area (TPSA) is 58.2 Å². The molecular weight excluding hydrogens is 176 g/mol. The Morgan fingerprint density at radius 3 is 2.33 bits per heavy atom. The van der Waals surface area contributed by atoms with E-state index in [1.165, 1.54) is 19.2 Å². The van der Waals surface area contributed by atoms with Gasteiger partial charge in [-0.2, -0.15) is 0 Å². The zero-order valence-corrected chi connectivity index (χ0v) is 7.90. The number of thiocarbonyl (C=S) groups is 1. The summed E-state index contributed by atoms with van der Waals surface area (Å²) in [4.78, 5) is 21.0. The van der Waals surface area contributed by atoms with Crippen LogP contribution in [0.5, 0.6) is 0 Å². The van der Waals surface area contributed by atoms with Crippen LogP contribution in [0.4, 0.5) is 0 Å². The molecule has 0 fully saturated rings. The molecule has 0 aromatic rings. The maximum absolute atomic E-state index is 10.6. The summed E-state index contributed by atoms with van der Waals surface area (Å²) in [6.07, 6.45) is 0. The molecule has 0 aromatic heterocycles. The van der Waals surface area contributed by atoms with Gasteiger partial charge in [0, 0.05) is 25.8 Å². The first-order chi connectivity index (χ1) is 5.56. The third kappa shape index (κ3) is 5.79. The van der Waals surface area contributed by atoms with Crippen LogP contribution in [0.3, 0.4) is 0 Å². The van der Waals surface area contributed by atoms with E-state index in [2.05, 4.69) is 22.9 Å². The van der Waals surface area contributed by atoms with Crippen molar-refractivity contribution in [3.05, 3.63) is 0 Å². The van der Waals surface area contributed by atoms with Gasteiger partial charge in [-0.15, -0.1) is 0 Å². The molecular formula is C7H12N2O2S. The van der Waals surface area contributed by atoms with Gasteiger partial charge in [0.05, 0.1) is 6.04 Å². The van der Waals surface area contributed by atoms with E-state index in [4.69, 9.17) is 0 Å². The molecule has 5 heteroatoms. The second-order valence-electron chi connectivity index (χ2n) is 2.38. The van der Waals surface area contributed by atoms with Crippen LogP contribution < -0.4 is 10.6 Å². The number of hydrogen-bond donors (Lipinski definition) is 2. The van der Waals surface area contributed by atoms with Gasteiger partial charge in [0.2, 0.25) is 11.8 Å². The second kappa shape index (κ2) is 5.65. The van der Waals surface area contributed by atoms with Crippen LogP contribution in [0.15, 0.2) is 0 Å². The average Bonchev–Trinajstić information content (AvgIpc) is 1.97. The van der Waals surface area contributed by atoms with Crippen molar-refractivity contribution in [2.45, 2.75) is 19.9 Å². The maximum atomic E-state index is 10.6. The van der Waals surface area contributed by atoms with Gasteiger partial charge >= 0.3 is 0 Å². The van der Waals surface area contributed by atoms with E-state index >= 15 is 0 Å². The van der Waals surface area contributed by atoms with E-state index in [-0.39, 0.29) is 17.9 Å². The van der Waals surface area contributed by atoms with Crippen LogP contribution in [0.2, 0.25) is 0 Å². The number of rotatable bonds is 4. The van der Waals surface area contributed by atoms with Gasteiger partial charge < -0.3 is 10.6 Å². The summed E-state index contributed by atoms with van der Waals surface area (Å²) < 4.78 is 0. The fourth-order valence-corrected chi connectivity index (χ4v) is 0.812. The number of amides is 2. The zero-order valence-electron chi connectivity index (χ0n) is 7.09. The van der Waals surface area contributed by atoms with Gasteiger partial charge in [-0.1, -0.05) is 12.2 Å². The highest BCUT2D eigenvalue weighted by molar-refractivity contribution is 7.79. The molecule has 4 nitrogen and oxygen atoms in total. The number of carbonyl (C=O) groups excluding carboxylic acids is 2. The third-order valence-electron chi connectivity index (χ3n) is 1.12. The Morgan fingerprint density at radius 2 is 2.00 bits per heavy atom. The van der Waals surface area contributed by atoms with Crippen LogP contribution in [-0.2, 0) is 9.59 Å². The molecule has 0 bridgehead atoms. The van der Waals surface area contributed by atoms with Crippen molar-refractivity contribution in [2.24, 2.45) is 0 Å². The van der Waals surface area contributed by atoms with Gasteiger partial charge in [-0.05, 0) is 0 Å². The lowest BCUT2D eigenvalue weighted by Crippen LogP contribution is -2.42. The molecule has 2 N–H and O–H groups in total. The SMILES string of the molecule is CC(=O)NCC(C=S)NC(C)=O. The number of carbonyl (C=O) groups is 2. The minimum Gasteiger partial charge on any atom is -0.354 e. The first kappa shape index (κ1) is 11.0. The first-order valence-electron chi connectivity index (χ1n) is 3.53. The predicted octanol–water partition coefficient (Wildman–Crippen LogP) is -0.373. The van der Waals surface area contributed by atoms with Crippen molar-refractivity contribution in [1.29, 1.82) is 0 Å². The summed E-state index contributed by atoms with van der Waals surface area (Å²) in [7, 11) is 0. The van der Waals surface area contributed by atoms with E-state index in [1.54, 1.807) is 0 Å². The fourth-order valence-electron chi connectivity index (χ4n) is 0.648. The molecule has 0 aromatic carbocycles. The molecule has 0 aliphatic carbocycles. The third-order valence-corrected chi connectivity index (χ3v) is 1.45. The van der Waals surface area contributed by atoms with Gasteiger partial charge in [-0.3, -0.25) is 9.59 Å². The molecule has 0 heterocycles. The molecule has 0 aliphatic rings. The number of hydrogen-bond acceptors (Lipinski definition) is 3.